The van der Waals surface area contributed by atoms with Crippen molar-refractivity contribution in [2.45, 2.75) is 31.8 Å². The fraction of sp³-hybridized carbons (Fsp3) is 0.385. The van der Waals surface area contributed by atoms with Gasteiger partial charge in [-0.25, -0.2) is 4.68 Å². The Bertz CT molecular complexity index is 1170. The number of carbonyl (C=O) groups excluding carboxylic acids is 1. The topological polar surface area (TPSA) is 71.7 Å². The van der Waals surface area contributed by atoms with Crippen LogP contribution in [0, 0.1) is 0 Å². The Morgan fingerprint density at radius 1 is 1.21 bits per heavy atom. The molecule has 0 radical (unpaired) electrons. The normalized spacial score (nSPS) is 18.6. The molecular formula is C26H33N5O3. The van der Waals surface area contributed by atoms with Crippen LogP contribution >= 0.6 is 0 Å². The fourth-order valence-corrected chi connectivity index (χ4v) is 5.11. The van der Waals surface area contributed by atoms with Crippen molar-refractivity contribution in [3.63, 3.8) is 0 Å². The largest absolute Gasteiger partial charge is 0.490 e. The summed E-state index contributed by atoms with van der Waals surface area (Å²) < 4.78 is 8.99. The lowest BCUT2D eigenvalue weighted by Gasteiger charge is -2.43. The molecule has 0 unspecified atom stereocenters. The summed E-state index contributed by atoms with van der Waals surface area (Å²) in [7, 11) is 3.40. The van der Waals surface area contributed by atoms with Crippen molar-refractivity contribution in [1.29, 1.82) is 0 Å². The zero-order chi connectivity index (χ0) is 24.3. The Kier molecular flexibility index (Phi) is 6.79. The molecule has 8 nitrogen and oxygen atoms in total. The summed E-state index contributed by atoms with van der Waals surface area (Å²) in [6.45, 7) is 8.24. The van der Waals surface area contributed by atoms with E-state index >= 15 is 0 Å². The molecule has 8 heteroatoms. The molecule has 0 aliphatic carbocycles. The number of carbonyl (C=O) groups is 1. The molecule has 0 saturated carbocycles. The number of methoxy groups -OCH3 is 1. The van der Waals surface area contributed by atoms with Crippen molar-refractivity contribution >= 4 is 17.3 Å². The number of nitrogens with one attached hydrogen (secondary N) is 1. The molecule has 2 aliphatic heterocycles. The number of benzene rings is 1. The van der Waals surface area contributed by atoms with Gasteiger partial charge < -0.3 is 15.0 Å². The van der Waals surface area contributed by atoms with Crippen LogP contribution in [0.4, 0.5) is 5.69 Å². The molecule has 1 spiro atoms. The van der Waals surface area contributed by atoms with Crippen molar-refractivity contribution in [1.82, 2.24) is 19.6 Å². The molecule has 1 N–H and O–H groups in total. The van der Waals surface area contributed by atoms with Crippen LogP contribution in [0.2, 0.25) is 0 Å². The maximum Gasteiger partial charge on any atom is 0.314 e. The number of likely N-dealkylation sites (tertiary alicyclic amines) is 1. The Morgan fingerprint density at radius 2 is 1.91 bits per heavy atom. The van der Waals surface area contributed by atoms with E-state index in [9.17, 15) is 9.59 Å². The molecule has 3 heterocycles. The van der Waals surface area contributed by atoms with E-state index in [2.05, 4.69) is 33.8 Å². The highest BCUT2D eigenvalue weighted by molar-refractivity contribution is 5.93. The van der Waals surface area contributed by atoms with Gasteiger partial charge >= 0.3 is 5.56 Å². The molecule has 2 saturated heterocycles. The first kappa shape index (κ1) is 23.6. The standard InChI is InChI=1S/C26H33N5O3/c1-5-10-21(11-6-2)31-24(32)23(34-4)22(28(31)3)18-29-16-14-26(15-17-29)25(33)27-19-30(26)20-12-8-7-9-13-20/h5-13H,1,14-19H2,2-4H3,(H,27,33)/b11-6-,21-10+. The number of amides is 1. The molecule has 180 valence electrons. The van der Waals surface area contributed by atoms with Crippen LogP contribution in [-0.2, 0) is 18.4 Å². The minimum absolute atomic E-state index is 0.0951. The number of rotatable bonds is 7. The lowest BCUT2D eigenvalue weighted by molar-refractivity contribution is -0.125. The molecule has 2 fully saturated rings. The summed E-state index contributed by atoms with van der Waals surface area (Å²) in [6.07, 6.45) is 8.64. The van der Waals surface area contributed by atoms with E-state index in [1.54, 1.807) is 16.8 Å². The first-order valence-electron chi connectivity index (χ1n) is 11.6. The van der Waals surface area contributed by atoms with Crippen LogP contribution in [0.25, 0.3) is 5.70 Å². The average Bonchev–Trinajstić information content (AvgIpc) is 3.28. The first-order chi connectivity index (χ1) is 16.5. The quantitative estimate of drug-likeness (QED) is 0.640. The van der Waals surface area contributed by atoms with E-state index in [1.807, 2.05) is 49.0 Å². The number of allylic oxidation sites excluding steroid dienone is 5. The number of ether oxygens (including phenoxy) is 1. The van der Waals surface area contributed by atoms with Gasteiger partial charge in [0.2, 0.25) is 11.7 Å². The zero-order valence-corrected chi connectivity index (χ0v) is 20.2. The summed E-state index contributed by atoms with van der Waals surface area (Å²) in [6, 6.07) is 10.1. The SMILES string of the molecule is C=C/C=C(\C=C/C)n1c(=O)c(OC)c(CN2CCC3(CC2)C(=O)NCN3c2ccccc2)n1C. The molecular weight excluding hydrogens is 430 g/mol. The third-order valence-corrected chi connectivity index (χ3v) is 6.88. The van der Waals surface area contributed by atoms with Crippen LogP contribution in [0.5, 0.6) is 5.75 Å². The van der Waals surface area contributed by atoms with Crippen LogP contribution in [0.3, 0.4) is 0 Å². The predicted molar refractivity (Wildman–Crippen MR) is 135 cm³/mol. The maximum atomic E-state index is 13.2. The maximum absolute atomic E-state index is 13.2. The van der Waals surface area contributed by atoms with Crippen molar-refractivity contribution in [2.24, 2.45) is 7.05 Å². The lowest BCUT2D eigenvalue weighted by Crippen LogP contribution is -2.56. The Morgan fingerprint density at radius 3 is 2.53 bits per heavy atom. The van der Waals surface area contributed by atoms with Gasteiger partial charge in [-0.2, -0.15) is 0 Å². The molecule has 1 aromatic heterocycles. The van der Waals surface area contributed by atoms with Crippen molar-refractivity contribution < 1.29 is 9.53 Å². The van der Waals surface area contributed by atoms with Crippen LogP contribution in [-0.4, -0.2) is 52.6 Å². The molecule has 34 heavy (non-hydrogen) atoms. The van der Waals surface area contributed by atoms with Gasteiger partial charge in [-0.1, -0.05) is 36.9 Å². The van der Waals surface area contributed by atoms with E-state index in [0.29, 0.717) is 37.5 Å². The van der Waals surface area contributed by atoms with E-state index in [0.717, 1.165) is 24.5 Å². The second-order valence-electron chi connectivity index (χ2n) is 8.68. The Balaban J connectivity index is 1.57. The van der Waals surface area contributed by atoms with E-state index < -0.39 is 5.54 Å². The van der Waals surface area contributed by atoms with Gasteiger partial charge in [-0.3, -0.25) is 19.2 Å². The number of para-hydroxylation sites is 1. The second-order valence-corrected chi connectivity index (χ2v) is 8.68. The molecule has 2 aromatic rings. The third kappa shape index (κ3) is 3.98. The highest BCUT2D eigenvalue weighted by atomic mass is 16.5. The first-order valence-corrected chi connectivity index (χ1v) is 11.6. The third-order valence-electron chi connectivity index (χ3n) is 6.88. The van der Waals surface area contributed by atoms with Crippen LogP contribution in [0.15, 0.2) is 66.0 Å². The van der Waals surface area contributed by atoms with E-state index in [4.69, 9.17) is 4.74 Å². The van der Waals surface area contributed by atoms with Gasteiger partial charge in [0.25, 0.3) is 0 Å². The molecule has 1 aromatic carbocycles. The van der Waals surface area contributed by atoms with Crippen LogP contribution < -0.4 is 20.5 Å². The van der Waals surface area contributed by atoms with E-state index in [-0.39, 0.29) is 11.5 Å². The number of anilines is 1. The van der Waals surface area contributed by atoms with Gasteiger partial charge in [0, 0.05) is 32.4 Å². The summed E-state index contributed by atoms with van der Waals surface area (Å²) in [5.74, 6) is 0.435. The van der Waals surface area contributed by atoms with Crippen molar-refractivity contribution in [2.75, 3.05) is 31.8 Å². The number of aromatic nitrogens is 2. The summed E-state index contributed by atoms with van der Waals surface area (Å²) >= 11 is 0. The van der Waals surface area contributed by atoms with Gasteiger partial charge in [-0.05, 0) is 44.1 Å². The van der Waals surface area contributed by atoms with Gasteiger partial charge in [-0.15, -0.1) is 0 Å². The number of hydrogen-bond donors (Lipinski definition) is 1. The lowest BCUT2D eigenvalue weighted by atomic mass is 9.85. The van der Waals surface area contributed by atoms with Gasteiger partial charge in [0.1, 0.15) is 5.54 Å². The van der Waals surface area contributed by atoms with Gasteiger partial charge in [0.15, 0.2) is 0 Å². The average molecular weight is 464 g/mol. The Labute approximate surface area is 200 Å². The number of piperidine rings is 1. The van der Waals surface area contributed by atoms with Gasteiger partial charge in [0.05, 0.1) is 25.2 Å². The van der Waals surface area contributed by atoms with Crippen molar-refractivity contribution in [3.8, 4) is 5.75 Å². The molecule has 2 aliphatic rings. The zero-order valence-electron chi connectivity index (χ0n) is 20.2. The monoisotopic (exact) mass is 463 g/mol. The highest BCUT2D eigenvalue weighted by Crippen LogP contribution is 2.36. The minimum Gasteiger partial charge on any atom is -0.490 e. The number of hydrogen-bond acceptors (Lipinski definition) is 5. The molecule has 0 atom stereocenters. The summed E-state index contributed by atoms with van der Waals surface area (Å²) in [5, 5.41) is 3.05. The smallest absolute Gasteiger partial charge is 0.314 e. The van der Waals surface area contributed by atoms with Crippen molar-refractivity contribution in [3.05, 3.63) is 77.3 Å². The summed E-state index contributed by atoms with van der Waals surface area (Å²) in [4.78, 5) is 30.6. The second kappa shape index (κ2) is 9.77. The Hall–Kier alpha value is -3.52. The highest BCUT2D eigenvalue weighted by Gasteiger charge is 2.50. The predicted octanol–water partition coefficient (Wildman–Crippen LogP) is 2.73. The molecule has 1 amide bonds. The minimum atomic E-state index is -0.536. The molecule has 0 bridgehead atoms. The van der Waals surface area contributed by atoms with E-state index in [1.165, 1.54) is 7.11 Å². The van der Waals surface area contributed by atoms with Crippen LogP contribution in [0.1, 0.15) is 25.5 Å². The fourth-order valence-electron chi connectivity index (χ4n) is 5.11. The summed E-state index contributed by atoms with van der Waals surface area (Å²) in [5.41, 5.74) is 1.84. The number of nitrogens with zero attached hydrogens (tertiary/aromatic N) is 4. The molecule has 4 rings (SSSR count).